The minimum absolute atomic E-state index is 0.0889. The summed E-state index contributed by atoms with van der Waals surface area (Å²) in [6.07, 6.45) is 2.68. The topological polar surface area (TPSA) is 130 Å². The lowest BCUT2D eigenvalue weighted by Gasteiger charge is -2.23. The molecular formula is C20H23N7O3. The molecule has 0 saturated heterocycles. The molecule has 3 N–H and O–H groups in total. The number of amides is 1. The normalized spacial score (nSPS) is 13.8. The Bertz CT molecular complexity index is 1190. The first-order valence-electron chi connectivity index (χ1n) is 9.48. The quantitative estimate of drug-likeness (QED) is 0.669. The molecule has 4 rings (SSSR count). The smallest absolute Gasteiger partial charge is 0.283 e. The zero-order valence-electron chi connectivity index (χ0n) is 17.3. The van der Waals surface area contributed by atoms with Crippen LogP contribution in [0.1, 0.15) is 31.1 Å². The molecule has 30 heavy (non-hydrogen) atoms. The molecule has 1 aliphatic heterocycles. The lowest BCUT2D eigenvalue weighted by Crippen LogP contribution is -2.26. The molecule has 10 nitrogen and oxygen atoms in total. The van der Waals surface area contributed by atoms with Gasteiger partial charge in [-0.1, -0.05) is 0 Å². The van der Waals surface area contributed by atoms with E-state index in [1.807, 2.05) is 37.5 Å². The van der Waals surface area contributed by atoms with Crippen molar-refractivity contribution in [2.45, 2.75) is 32.9 Å². The molecule has 0 atom stereocenters. The van der Waals surface area contributed by atoms with Crippen LogP contribution in [-0.4, -0.2) is 44.7 Å². The van der Waals surface area contributed by atoms with Gasteiger partial charge in [0.15, 0.2) is 11.5 Å². The number of carbonyl (C=O) groups is 1. The number of ether oxygens (including phenoxy) is 2. The Morgan fingerprint density at radius 1 is 1.27 bits per heavy atom. The molecule has 156 valence electrons. The van der Waals surface area contributed by atoms with Crippen LogP contribution in [0.15, 0.2) is 29.5 Å². The molecule has 0 spiro atoms. The van der Waals surface area contributed by atoms with Crippen LogP contribution >= 0.6 is 0 Å². The monoisotopic (exact) mass is 409 g/mol. The third kappa shape index (κ3) is 3.63. The summed E-state index contributed by atoms with van der Waals surface area (Å²) in [6.45, 7) is 7.20. The van der Waals surface area contributed by atoms with Crippen molar-refractivity contribution in [2.24, 2.45) is 4.99 Å². The highest BCUT2D eigenvalue weighted by Crippen LogP contribution is 2.38. The number of nitrogen functional groups attached to an aromatic ring is 1. The summed E-state index contributed by atoms with van der Waals surface area (Å²) in [5.74, 6) is 1.45. The molecule has 1 aliphatic rings. The predicted octanol–water partition coefficient (Wildman–Crippen LogP) is 1.76. The van der Waals surface area contributed by atoms with Crippen LogP contribution < -0.4 is 26.1 Å². The van der Waals surface area contributed by atoms with Gasteiger partial charge in [0.25, 0.3) is 5.91 Å². The Balaban J connectivity index is 1.92. The van der Waals surface area contributed by atoms with Gasteiger partial charge in [0.2, 0.25) is 11.6 Å². The number of carbonyl (C=O) groups excluding carboxylic acids is 1. The Hall–Kier alpha value is -3.69. The zero-order valence-corrected chi connectivity index (χ0v) is 17.3. The number of methoxy groups -OCH3 is 1. The second-order valence-corrected chi connectivity index (χ2v) is 7.79. The first-order chi connectivity index (χ1) is 14.3. The molecule has 1 amide bonds. The molecule has 10 heteroatoms. The Morgan fingerprint density at radius 3 is 2.67 bits per heavy atom. The molecule has 0 bridgehead atoms. The summed E-state index contributed by atoms with van der Waals surface area (Å²) in [7, 11) is 1.56. The Labute approximate surface area is 172 Å². The highest BCUT2D eigenvalue weighted by atomic mass is 16.5. The van der Waals surface area contributed by atoms with Crippen LogP contribution in [0.25, 0.3) is 10.9 Å². The van der Waals surface area contributed by atoms with Crippen LogP contribution in [-0.2, 0) is 6.54 Å². The Kier molecular flexibility index (Phi) is 4.76. The first-order valence-corrected chi connectivity index (χ1v) is 9.48. The molecule has 2 aromatic heterocycles. The SMILES string of the molecule is COc1c(OC(C)(C)C)ccc2c3n(c(=NC(=O)c4cnc(N)nc4)nc12)CCN3. The number of rotatable bonds is 3. The molecule has 0 fully saturated rings. The van der Waals surface area contributed by atoms with E-state index in [2.05, 4.69) is 25.3 Å². The Morgan fingerprint density at radius 2 is 2.00 bits per heavy atom. The number of benzene rings is 1. The number of hydrogen-bond donors (Lipinski definition) is 2. The second-order valence-electron chi connectivity index (χ2n) is 7.79. The molecule has 3 heterocycles. The zero-order chi connectivity index (χ0) is 21.5. The summed E-state index contributed by atoms with van der Waals surface area (Å²) in [4.78, 5) is 29.2. The van der Waals surface area contributed by atoms with Crippen molar-refractivity contribution < 1.29 is 14.3 Å². The van der Waals surface area contributed by atoms with Crippen LogP contribution in [0, 0.1) is 0 Å². The molecule has 0 radical (unpaired) electrons. The van der Waals surface area contributed by atoms with E-state index in [0.717, 1.165) is 11.2 Å². The van der Waals surface area contributed by atoms with Gasteiger partial charge in [-0.3, -0.25) is 9.36 Å². The average molecular weight is 409 g/mol. The van der Waals surface area contributed by atoms with E-state index in [-0.39, 0.29) is 17.1 Å². The van der Waals surface area contributed by atoms with Gasteiger partial charge in [0.05, 0.1) is 12.7 Å². The summed E-state index contributed by atoms with van der Waals surface area (Å²) >= 11 is 0. The van der Waals surface area contributed by atoms with Crippen LogP contribution in [0.3, 0.4) is 0 Å². The number of hydrogen-bond acceptors (Lipinski definition) is 8. The lowest BCUT2D eigenvalue weighted by molar-refractivity contribution is 0.0995. The van der Waals surface area contributed by atoms with E-state index in [1.165, 1.54) is 12.4 Å². The average Bonchev–Trinajstić information content (AvgIpc) is 3.17. The molecular weight excluding hydrogens is 386 g/mol. The lowest BCUT2D eigenvalue weighted by atomic mass is 10.1. The van der Waals surface area contributed by atoms with Crippen molar-refractivity contribution in [3.8, 4) is 11.5 Å². The summed E-state index contributed by atoms with van der Waals surface area (Å²) in [5, 5.41) is 4.19. The fourth-order valence-electron chi connectivity index (χ4n) is 3.25. The minimum atomic E-state index is -0.510. The maximum absolute atomic E-state index is 12.7. The van der Waals surface area contributed by atoms with Crippen molar-refractivity contribution in [1.29, 1.82) is 0 Å². The maximum Gasteiger partial charge on any atom is 0.283 e. The standard InChI is InChI=1S/C20H23N7O3/c1-20(2,3)30-13-6-5-12-14(15(13)29-4)25-19(27-8-7-22-16(12)27)26-17(28)11-9-23-18(21)24-10-11/h5-6,9-10,22H,7-8H2,1-4H3,(H2,21,23,24). The third-order valence-electron chi connectivity index (χ3n) is 4.44. The second kappa shape index (κ2) is 7.29. The number of nitrogens with two attached hydrogens (primary N) is 1. The molecule has 1 aromatic carbocycles. The van der Waals surface area contributed by atoms with Gasteiger partial charge in [-0.15, -0.1) is 0 Å². The number of nitrogens with one attached hydrogen (secondary N) is 1. The molecule has 0 saturated carbocycles. The van der Waals surface area contributed by atoms with Gasteiger partial charge in [-0.05, 0) is 32.9 Å². The molecule has 0 unspecified atom stereocenters. The van der Waals surface area contributed by atoms with Crippen molar-refractivity contribution in [3.63, 3.8) is 0 Å². The predicted molar refractivity (Wildman–Crippen MR) is 111 cm³/mol. The first kappa shape index (κ1) is 19.6. The highest BCUT2D eigenvalue weighted by Gasteiger charge is 2.23. The summed E-state index contributed by atoms with van der Waals surface area (Å²) in [5.41, 5.74) is 6.12. The van der Waals surface area contributed by atoms with Crippen molar-refractivity contribution >= 4 is 28.6 Å². The van der Waals surface area contributed by atoms with Crippen molar-refractivity contribution in [1.82, 2.24) is 19.5 Å². The van der Waals surface area contributed by atoms with Gasteiger partial charge >= 0.3 is 0 Å². The van der Waals surface area contributed by atoms with E-state index in [4.69, 9.17) is 15.2 Å². The van der Waals surface area contributed by atoms with Gasteiger partial charge in [-0.25, -0.2) is 15.0 Å². The fraction of sp³-hybridized carbons (Fsp3) is 0.350. The van der Waals surface area contributed by atoms with Crippen LogP contribution in [0.4, 0.5) is 11.8 Å². The van der Waals surface area contributed by atoms with E-state index in [1.54, 1.807) is 7.11 Å². The number of aromatic nitrogens is 4. The highest BCUT2D eigenvalue weighted by molar-refractivity contribution is 5.96. The number of fused-ring (bicyclic) bond motifs is 3. The summed E-state index contributed by atoms with van der Waals surface area (Å²) < 4.78 is 13.5. The van der Waals surface area contributed by atoms with E-state index >= 15 is 0 Å². The van der Waals surface area contributed by atoms with Gasteiger partial charge in [0, 0.05) is 30.9 Å². The van der Waals surface area contributed by atoms with E-state index in [9.17, 15) is 4.79 Å². The largest absolute Gasteiger partial charge is 0.491 e. The summed E-state index contributed by atoms with van der Waals surface area (Å²) in [6, 6.07) is 3.79. The maximum atomic E-state index is 12.7. The van der Waals surface area contributed by atoms with Crippen molar-refractivity contribution in [2.75, 3.05) is 24.7 Å². The van der Waals surface area contributed by atoms with Crippen LogP contribution in [0.2, 0.25) is 0 Å². The number of anilines is 2. The fourth-order valence-corrected chi connectivity index (χ4v) is 3.25. The van der Waals surface area contributed by atoms with Gasteiger partial charge < -0.3 is 20.5 Å². The molecule has 0 aliphatic carbocycles. The van der Waals surface area contributed by atoms with E-state index < -0.39 is 11.5 Å². The van der Waals surface area contributed by atoms with Gasteiger partial charge in [-0.2, -0.15) is 4.99 Å². The van der Waals surface area contributed by atoms with Gasteiger partial charge in [0.1, 0.15) is 16.9 Å². The van der Waals surface area contributed by atoms with Crippen LogP contribution in [0.5, 0.6) is 11.5 Å². The number of nitrogens with zero attached hydrogens (tertiary/aromatic N) is 5. The minimum Gasteiger partial charge on any atom is -0.491 e. The molecule has 3 aromatic rings. The third-order valence-corrected chi connectivity index (χ3v) is 4.44. The van der Waals surface area contributed by atoms with E-state index in [0.29, 0.717) is 30.1 Å². The van der Waals surface area contributed by atoms with Crippen molar-refractivity contribution in [3.05, 3.63) is 35.7 Å².